The zero-order chi connectivity index (χ0) is 18.1. The first-order valence-electron chi connectivity index (χ1n) is 7.98. The van der Waals surface area contributed by atoms with E-state index in [1.54, 1.807) is 14.1 Å². The van der Waals surface area contributed by atoms with Crippen molar-refractivity contribution in [3.8, 4) is 11.6 Å². The molecular formula is C17H20N4O3S. The summed E-state index contributed by atoms with van der Waals surface area (Å²) in [5.41, 5.74) is 4.31. The Bertz CT molecular complexity index is 961. The largest absolute Gasteiger partial charge is 0.494 e. The summed E-state index contributed by atoms with van der Waals surface area (Å²) in [7, 11) is 3.20. The molecule has 2 heterocycles. The van der Waals surface area contributed by atoms with Crippen molar-refractivity contribution < 1.29 is 9.84 Å². The molecular weight excluding hydrogens is 340 g/mol. The van der Waals surface area contributed by atoms with Crippen LogP contribution in [-0.4, -0.2) is 26.6 Å². The second kappa shape index (κ2) is 6.72. The molecule has 1 aromatic carbocycles. The fourth-order valence-corrected chi connectivity index (χ4v) is 3.09. The average Bonchev–Trinajstić information content (AvgIpc) is 3.09. The highest BCUT2D eigenvalue weighted by Gasteiger charge is 2.28. The normalized spacial score (nSPS) is 16.4. The van der Waals surface area contributed by atoms with Gasteiger partial charge in [-0.15, -0.1) is 0 Å². The Labute approximate surface area is 150 Å². The number of ether oxygens (including phenoxy) is 1. The van der Waals surface area contributed by atoms with Gasteiger partial charge in [0.25, 0.3) is 5.56 Å². The molecule has 132 valence electrons. The molecule has 0 aliphatic carbocycles. The van der Waals surface area contributed by atoms with Crippen molar-refractivity contribution in [2.75, 3.05) is 6.61 Å². The number of aromatic nitrogens is 2. The van der Waals surface area contributed by atoms with Gasteiger partial charge in [0.15, 0.2) is 4.77 Å². The first-order chi connectivity index (χ1) is 12.0. The molecule has 0 amide bonds. The van der Waals surface area contributed by atoms with Gasteiger partial charge in [-0.25, -0.2) is 0 Å². The molecule has 0 bridgehead atoms. The van der Waals surface area contributed by atoms with E-state index in [4.69, 9.17) is 17.0 Å². The van der Waals surface area contributed by atoms with Crippen molar-refractivity contribution >= 4 is 17.9 Å². The van der Waals surface area contributed by atoms with Gasteiger partial charge in [0.2, 0.25) is 5.88 Å². The molecule has 1 aliphatic heterocycles. The minimum absolute atomic E-state index is 0.129. The molecule has 1 unspecified atom stereocenters. The molecule has 0 fully saturated rings. The molecule has 25 heavy (non-hydrogen) atoms. The summed E-state index contributed by atoms with van der Waals surface area (Å²) in [6, 6.07) is 7.58. The van der Waals surface area contributed by atoms with Crippen molar-refractivity contribution in [3.05, 3.63) is 50.5 Å². The lowest BCUT2D eigenvalue weighted by atomic mass is 9.99. The van der Waals surface area contributed by atoms with E-state index in [-0.39, 0.29) is 27.8 Å². The van der Waals surface area contributed by atoms with Crippen molar-refractivity contribution in [2.24, 2.45) is 19.2 Å². The Hall–Kier alpha value is -2.61. The van der Waals surface area contributed by atoms with E-state index in [0.29, 0.717) is 18.7 Å². The van der Waals surface area contributed by atoms with Crippen molar-refractivity contribution in [1.29, 1.82) is 0 Å². The molecule has 2 aromatic rings. The second-order valence-corrected chi connectivity index (χ2v) is 6.18. The van der Waals surface area contributed by atoms with E-state index in [9.17, 15) is 9.90 Å². The zero-order valence-electron chi connectivity index (χ0n) is 14.3. The number of hydrogen-bond donors (Lipinski definition) is 2. The van der Waals surface area contributed by atoms with Crippen LogP contribution in [0.2, 0.25) is 0 Å². The van der Waals surface area contributed by atoms with E-state index in [2.05, 4.69) is 10.5 Å². The van der Waals surface area contributed by atoms with Gasteiger partial charge in [0.1, 0.15) is 11.3 Å². The molecule has 0 spiro atoms. The van der Waals surface area contributed by atoms with Crippen LogP contribution in [0, 0.1) is 4.77 Å². The van der Waals surface area contributed by atoms with Crippen LogP contribution < -0.4 is 15.7 Å². The molecule has 1 aromatic heterocycles. The average molecular weight is 360 g/mol. The maximum absolute atomic E-state index is 12.6. The van der Waals surface area contributed by atoms with Crippen LogP contribution in [0.5, 0.6) is 11.6 Å². The number of hydrogen-bond acceptors (Lipinski definition) is 6. The maximum atomic E-state index is 12.6. The number of rotatable bonds is 4. The lowest BCUT2D eigenvalue weighted by Gasteiger charge is -2.15. The Kier molecular flexibility index (Phi) is 4.63. The summed E-state index contributed by atoms with van der Waals surface area (Å²) >= 11 is 5.14. The molecule has 0 saturated carbocycles. The van der Waals surface area contributed by atoms with Crippen molar-refractivity contribution in [1.82, 2.24) is 14.6 Å². The molecule has 7 nitrogen and oxygen atoms in total. The number of nitrogens with zero attached hydrogens (tertiary/aromatic N) is 3. The van der Waals surface area contributed by atoms with Crippen LogP contribution in [0.4, 0.5) is 0 Å². The minimum Gasteiger partial charge on any atom is -0.494 e. The lowest BCUT2D eigenvalue weighted by Crippen LogP contribution is -2.28. The summed E-state index contributed by atoms with van der Waals surface area (Å²) in [5, 5.41) is 14.7. The van der Waals surface area contributed by atoms with Crippen LogP contribution in [0.25, 0.3) is 0 Å². The second-order valence-electron chi connectivity index (χ2n) is 5.82. The summed E-state index contributed by atoms with van der Waals surface area (Å²) < 4.78 is 8.64. The fourth-order valence-electron chi connectivity index (χ4n) is 2.92. The van der Waals surface area contributed by atoms with E-state index >= 15 is 0 Å². The molecule has 1 atom stereocenters. The van der Waals surface area contributed by atoms with Gasteiger partial charge in [0, 0.05) is 26.1 Å². The van der Waals surface area contributed by atoms with Crippen molar-refractivity contribution in [2.45, 2.75) is 19.4 Å². The van der Waals surface area contributed by atoms with Crippen LogP contribution in [0.1, 0.15) is 30.5 Å². The van der Waals surface area contributed by atoms with E-state index in [0.717, 1.165) is 11.3 Å². The number of benzene rings is 1. The van der Waals surface area contributed by atoms with Crippen LogP contribution in [0.3, 0.4) is 0 Å². The quantitative estimate of drug-likeness (QED) is 0.815. The van der Waals surface area contributed by atoms with Crippen molar-refractivity contribution in [3.63, 3.8) is 0 Å². The standard InChI is InChI=1S/C17H20N4O3S/c1-4-24-13-8-6-5-7-10(13)11-9-12(19-18-11)14-15(22)20(2)17(25)21(3)16(14)23/h5-8,11,18,22H,4,9H2,1-3H3. The summed E-state index contributed by atoms with van der Waals surface area (Å²) in [6.45, 7) is 2.49. The fraction of sp³-hybridized carbons (Fsp3) is 0.353. The van der Waals surface area contributed by atoms with Gasteiger partial charge >= 0.3 is 0 Å². The van der Waals surface area contributed by atoms with Gasteiger partial charge in [0.05, 0.1) is 18.4 Å². The lowest BCUT2D eigenvalue weighted by molar-refractivity contribution is 0.332. The number of para-hydroxylation sites is 1. The highest BCUT2D eigenvalue weighted by Crippen LogP contribution is 2.32. The molecule has 2 N–H and O–H groups in total. The first-order valence-corrected chi connectivity index (χ1v) is 8.39. The third-order valence-corrected chi connectivity index (χ3v) is 4.82. The predicted molar refractivity (Wildman–Crippen MR) is 97.8 cm³/mol. The Morgan fingerprint density at radius 2 is 2.08 bits per heavy atom. The smallest absolute Gasteiger partial charge is 0.267 e. The topological polar surface area (TPSA) is 80.8 Å². The third kappa shape index (κ3) is 2.93. The number of aromatic hydroxyl groups is 1. The van der Waals surface area contributed by atoms with Gasteiger partial charge < -0.3 is 15.3 Å². The van der Waals surface area contributed by atoms with E-state index < -0.39 is 0 Å². The monoisotopic (exact) mass is 360 g/mol. The molecule has 1 aliphatic rings. The number of hydrazone groups is 1. The maximum Gasteiger partial charge on any atom is 0.267 e. The van der Waals surface area contributed by atoms with Gasteiger partial charge in [-0.05, 0) is 25.2 Å². The van der Waals surface area contributed by atoms with Crippen LogP contribution in [0.15, 0.2) is 34.2 Å². The first kappa shape index (κ1) is 17.2. The molecule has 0 saturated heterocycles. The summed E-state index contributed by atoms with van der Waals surface area (Å²) in [6.07, 6.45) is 0.462. The minimum atomic E-state index is -0.361. The van der Waals surface area contributed by atoms with Gasteiger partial charge in [-0.1, -0.05) is 18.2 Å². The van der Waals surface area contributed by atoms with E-state index in [1.165, 1.54) is 9.13 Å². The SMILES string of the molecule is CCOc1ccccc1C1CC(c2c(O)n(C)c(=S)n(C)c2=O)=NN1. The molecule has 0 radical (unpaired) electrons. The highest BCUT2D eigenvalue weighted by atomic mass is 32.1. The molecule has 8 heteroatoms. The van der Waals surface area contributed by atoms with E-state index in [1.807, 2.05) is 31.2 Å². The van der Waals surface area contributed by atoms with Crippen LogP contribution >= 0.6 is 12.2 Å². The highest BCUT2D eigenvalue weighted by molar-refractivity contribution is 7.71. The zero-order valence-corrected chi connectivity index (χ0v) is 15.1. The summed E-state index contributed by atoms with van der Waals surface area (Å²) in [4.78, 5) is 12.6. The predicted octanol–water partition coefficient (Wildman–Crippen LogP) is 2.00. The Morgan fingerprint density at radius 1 is 1.36 bits per heavy atom. The summed E-state index contributed by atoms with van der Waals surface area (Å²) in [5.74, 6) is 0.606. The Balaban J connectivity index is 1.98. The Morgan fingerprint density at radius 3 is 2.80 bits per heavy atom. The van der Waals surface area contributed by atoms with Gasteiger partial charge in [-0.2, -0.15) is 5.10 Å². The van der Waals surface area contributed by atoms with Gasteiger partial charge in [-0.3, -0.25) is 13.9 Å². The third-order valence-electron chi connectivity index (χ3n) is 4.27. The molecule has 3 rings (SSSR count). The number of nitrogens with one attached hydrogen (secondary N) is 1. The van der Waals surface area contributed by atoms with Crippen LogP contribution in [-0.2, 0) is 14.1 Å².